The minimum Gasteiger partial charge on any atom is -0.404 e. The maximum absolute atomic E-state index is 13.4. The van der Waals surface area contributed by atoms with Crippen LogP contribution in [0.5, 0.6) is 5.75 Å². The van der Waals surface area contributed by atoms with Crippen molar-refractivity contribution in [3.05, 3.63) is 58.9 Å². The molecule has 2 rings (SSSR count). The molecule has 0 fully saturated rings. The summed E-state index contributed by atoms with van der Waals surface area (Å²) in [6.45, 7) is 2.05. The lowest BCUT2D eigenvalue weighted by Gasteiger charge is -2.10. The van der Waals surface area contributed by atoms with E-state index >= 15 is 0 Å². The lowest BCUT2D eigenvalue weighted by atomic mass is 10.1. The van der Waals surface area contributed by atoms with Crippen molar-refractivity contribution < 1.29 is 31.5 Å². The van der Waals surface area contributed by atoms with E-state index in [1.54, 1.807) is 12.1 Å². The largest absolute Gasteiger partial charge is 0.417 e. The Kier molecular flexibility index (Phi) is 5.95. The average molecular weight is 359 g/mol. The first-order valence-corrected chi connectivity index (χ1v) is 7.44. The molecule has 0 saturated heterocycles. The molecule has 0 aliphatic rings. The average Bonchev–Trinajstić information content (AvgIpc) is 2.61. The third-order valence-corrected chi connectivity index (χ3v) is 3.38. The molecular weight excluding hydrogens is 345 g/mol. The number of halogens is 5. The summed E-state index contributed by atoms with van der Waals surface area (Å²) in [7, 11) is 0. The van der Waals surface area contributed by atoms with Crippen LogP contribution >= 0.6 is 0 Å². The Balaban J connectivity index is 2.11. The molecule has 25 heavy (non-hydrogen) atoms. The number of benzene rings is 2. The van der Waals surface area contributed by atoms with Crippen LogP contribution in [0.4, 0.5) is 32.4 Å². The van der Waals surface area contributed by atoms with E-state index in [9.17, 15) is 26.7 Å². The van der Waals surface area contributed by atoms with Crippen molar-refractivity contribution in [2.24, 2.45) is 0 Å². The Morgan fingerprint density at radius 3 is 1.96 bits per heavy atom. The van der Waals surface area contributed by atoms with Crippen LogP contribution in [0.2, 0.25) is 0 Å². The van der Waals surface area contributed by atoms with Gasteiger partial charge >= 0.3 is 6.09 Å². The predicted molar refractivity (Wildman–Crippen MR) is 80.9 cm³/mol. The first-order valence-electron chi connectivity index (χ1n) is 7.44. The number of hydrogen-bond acceptors (Lipinski definition) is 2. The van der Waals surface area contributed by atoms with Gasteiger partial charge in [-0.2, -0.15) is 8.78 Å². The fourth-order valence-electron chi connectivity index (χ4n) is 2.05. The summed E-state index contributed by atoms with van der Waals surface area (Å²) < 4.78 is 70.2. The molecule has 1 N–H and O–H groups in total. The number of amides is 1. The van der Waals surface area contributed by atoms with Gasteiger partial charge in [-0.05, 0) is 30.5 Å². The van der Waals surface area contributed by atoms with Crippen molar-refractivity contribution in [1.29, 1.82) is 0 Å². The normalized spacial score (nSPS) is 10.6. The van der Waals surface area contributed by atoms with Crippen molar-refractivity contribution in [1.82, 2.24) is 0 Å². The summed E-state index contributed by atoms with van der Waals surface area (Å²) in [5.74, 6) is -12.8. The van der Waals surface area contributed by atoms with Crippen LogP contribution in [0.25, 0.3) is 0 Å². The number of aryl methyl sites for hydroxylation is 1. The lowest BCUT2D eigenvalue weighted by Crippen LogP contribution is -2.19. The van der Waals surface area contributed by atoms with E-state index in [0.717, 1.165) is 24.8 Å². The topological polar surface area (TPSA) is 38.3 Å². The zero-order valence-electron chi connectivity index (χ0n) is 13.1. The van der Waals surface area contributed by atoms with Gasteiger partial charge in [-0.25, -0.2) is 18.0 Å². The molecule has 134 valence electrons. The summed E-state index contributed by atoms with van der Waals surface area (Å²) in [5.41, 5.74) is 1.27. The standard InChI is InChI=1S/C17H14F5NO2/c1-2-3-4-9-5-7-10(8-6-9)23-17(24)25-16-14(21)12(19)11(18)13(20)15(16)22/h5-8H,2-4H2,1H3,(H,23,24). The Morgan fingerprint density at radius 2 is 1.44 bits per heavy atom. The predicted octanol–water partition coefficient (Wildman–Crippen LogP) is 5.34. The summed E-state index contributed by atoms with van der Waals surface area (Å²) in [6.07, 6.45) is 1.49. The molecule has 0 aliphatic heterocycles. The third-order valence-electron chi connectivity index (χ3n) is 3.38. The van der Waals surface area contributed by atoms with Crippen molar-refractivity contribution in [2.75, 3.05) is 5.32 Å². The fourth-order valence-corrected chi connectivity index (χ4v) is 2.05. The maximum atomic E-state index is 13.4. The summed E-state index contributed by atoms with van der Waals surface area (Å²) in [4.78, 5) is 11.6. The molecular formula is C17H14F5NO2. The van der Waals surface area contributed by atoms with Gasteiger partial charge in [-0.15, -0.1) is 0 Å². The van der Waals surface area contributed by atoms with Gasteiger partial charge in [0.1, 0.15) is 0 Å². The molecule has 2 aromatic rings. The summed E-state index contributed by atoms with van der Waals surface area (Å²) in [6, 6.07) is 6.54. The third kappa shape index (κ3) is 4.26. The zero-order valence-corrected chi connectivity index (χ0v) is 13.1. The second kappa shape index (κ2) is 7.96. The second-order valence-corrected chi connectivity index (χ2v) is 5.21. The van der Waals surface area contributed by atoms with Crippen LogP contribution in [0, 0.1) is 29.1 Å². The van der Waals surface area contributed by atoms with E-state index in [-0.39, 0.29) is 5.69 Å². The molecule has 0 aliphatic carbocycles. The van der Waals surface area contributed by atoms with E-state index in [0.29, 0.717) is 0 Å². The number of ether oxygens (including phenoxy) is 1. The Labute approximate surface area is 140 Å². The van der Waals surface area contributed by atoms with Crippen LogP contribution in [-0.2, 0) is 6.42 Å². The van der Waals surface area contributed by atoms with Crippen molar-refractivity contribution >= 4 is 11.8 Å². The quantitative estimate of drug-likeness (QED) is 0.445. The van der Waals surface area contributed by atoms with Crippen molar-refractivity contribution in [2.45, 2.75) is 26.2 Å². The number of anilines is 1. The molecule has 1 amide bonds. The monoisotopic (exact) mass is 359 g/mol. The Bertz CT molecular complexity index is 749. The van der Waals surface area contributed by atoms with Gasteiger partial charge in [0, 0.05) is 5.69 Å². The minimum absolute atomic E-state index is 0.245. The summed E-state index contributed by atoms with van der Waals surface area (Å²) >= 11 is 0. The number of nitrogens with one attached hydrogen (secondary N) is 1. The van der Waals surface area contributed by atoms with E-state index in [2.05, 4.69) is 10.1 Å². The Morgan fingerprint density at radius 1 is 0.920 bits per heavy atom. The second-order valence-electron chi connectivity index (χ2n) is 5.21. The number of rotatable bonds is 5. The first kappa shape index (κ1) is 18.7. The molecule has 2 aromatic carbocycles. The fraction of sp³-hybridized carbons (Fsp3) is 0.235. The van der Waals surface area contributed by atoms with Gasteiger partial charge in [-0.3, -0.25) is 5.32 Å². The van der Waals surface area contributed by atoms with Gasteiger partial charge in [0.25, 0.3) is 0 Å². The van der Waals surface area contributed by atoms with Crippen LogP contribution in [0.3, 0.4) is 0 Å². The van der Waals surface area contributed by atoms with Gasteiger partial charge in [0.2, 0.25) is 34.8 Å². The van der Waals surface area contributed by atoms with E-state index in [4.69, 9.17) is 0 Å². The SMILES string of the molecule is CCCCc1ccc(NC(=O)Oc2c(F)c(F)c(F)c(F)c2F)cc1. The lowest BCUT2D eigenvalue weighted by molar-refractivity contribution is 0.208. The van der Waals surface area contributed by atoms with E-state index in [1.807, 2.05) is 6.92 Å². The molecule has 8 heteroatoms. The molecule has 0 radical (unpaired) electrons. The van der Waals surface area contributed by atoms with Gasteiger partial charge in [0.15, 0.2) is 0 Å². The molecule has 0 unspecified atom stereocenters. The van der Waals surface area contributed by atoms with Crippen LogP contribution in [-0.4, -0.2) is 6.09 Å². The first-order chi connectivity index (χ1) is 11.8. The van der Waals surface area contributed by atoms with Crippen LogP contribution in [0.15, 0.2) is 24.3 Å². The number of carbonyl (C=O) groups is 1. The molecule has 0 atom stereocenters. The van der Waals surface area contributed by atoms with E-state index < -0.39 is 40.9 Å². The highest BCUT2D eigenvalue weighted by atomic mass is 19.2. The highest BCUT2D eigenvalue weighted by molar-refractivity contribution is 5.86. The van der Waals surface area contributed by atoms with Crippen molar-refractivity contribution in [3.8, 4) is 5.75 Å². The molecule has 0 bridgehead atoms. The van der Waals surface area contributed by atoms with Gasteiger partial charge in [0.05, 0.1) is 0 Å². The zero-order chi connectivity index (χ0) is 18.6. The molecule has 0 heterocycles. The van der Waals surface area contributed by atoms with E-state index in [1.165, 1.54) is 12.1 Å². The maximum Gasteiger partial charge on any atom is 0.417 e. The number of unbranched alkanes of at least 4 members (excludes halogenated alkanes) is 1. The number of hydrogen-bond donors (Lipinski definition) is 1. The van der Waals surface area contributed by atoms with Crippen molar-refractivity contribution in [3.63, 3.8) is 0 Å². The highest BCUT2D eigenvalue weighted by Crippen LogP contribution is 2.29. The number of carbonyl (C=O) groups excluding carboxylic acids is 1. The van der Waals surface area contributed by atoms with Crippen LogP contribution in [0.1, 0.15) is 25.3 Å². The molecule has 0 saturated carbocycles. The van der Waals surface area contributed by atoms with Gasteiger partial charge < -0.3 is 4.74 Å². The van der Waals surface area contributed by atoms with Crippen LogP contribution < -0.4 is 10.1 Å². The minimum atomic E-state index is -2.33. The highest BCUT2D eigenvalue weighted by Gasteiger charge is 2.28. The van der Waals surface area contributed by atoms with Gasteiger partial charge in [-0.1, -0.05) is 25.5 Å². The smallest absolute Gasteiger partial charge is 0.404 e. The molecule has 3 nitrogen and oxygen atoms in total. The Hall–Kier alpha value is -2.64. The molecule has 0 spiro atoms. The molecule has 0 aromatic heterocycles. The summed E-state index contributed by atoms with van der Waals surface area (Å²) in [5, 5.41) is 2.15.